The van der Waals surface area contributed by atoms with Gasteiger partial charge in [-0.2, -0.15) is 0 Å². The number of aliphatic hydroxyl groups excluding tert-OH is 1. The zero-order valence-corrected chi connectivity index (χ0v) is 16.9. The highest BCUT2D eigenvalue weighted by atomic mass is 16.3. The summed E-state index contributed by atoms with van der Waals surface area (Å²) in [6.07, 6.45) is 1.23. The number of anilines is 2. The minimum Gasteiger partial charge on any atom is -0.398 e. The van der Waals surface area contributed by atoms with Crippen LogP contribution in [0.1, 0.15) is 48.2 Å². The summed E-state index contributed by atoms with van der Waals surface area (Å²) in [5, 5.41) is 18.4. The average molecular weight is 393 g/mol. The van der Waals surface area contributed by atoms with E-state index in [1.54, 1.807) is 13.0 Å². The van der Waals surface area contributed by atoms with Crippen molar-refractivity contribution in [3.8, 4) is 0 Å². The number of hydrogen-bond donors (Lipinski definition) is 5. The number of amides is 1. The number of rotatable bonds is 7. The summed E-state index contributed by atoms with van der Waals surface area (Å²) in [5.74, 6) is -1.00. The molecule has 0 aliphatic rings. The van der Waals surface area contributed by atoms with Crippen LogP contribution in [0.2, 0.25) is 0 Å². The van der Waals surface area contributed by atoms with E-state index in [1.807, 2.05) is 49.2 Å². The zero-order valence-electron chi connectivity index (χ0n) is 16.9. The summed E-state index contributed by atoms with van der Waals surface area (Å²) < 4.78 is 0. The van der Waals surface area contributed by atoms with Gasteiger partial charge in [-0.1, -0.05) is 24.3 Å². The molecule has 0 radical (unpaired) electrons. The topological polar surface area (TPSA) is 132 Å². The number of carbonyl (C=O) groups is 1. The summed E-state index contributed by atoms with van der Waals surface area (Å²) in [6.45, 7) is 3.72. The fourth-order valence-electron chi connectivity index (χ4n) is 3.80. The van der Waals surface area contributed by atoms with Crippen molar-refractivity contribution in [3.63, 3.8) is 0 Å². The summed E-state index contributed by atoms with van der Waals surface area (Å²) in [5.41, 5.74) is 16.9. The molecular formula is C22H27N5O2. The number of aromatic amines is 1. The molecule has 7 nitrogen and oxygen atoms in total. The SMILES string of the molecule is CC(C(N)=O)c1[nH]c2ccc(N)c(C=N)c2c1N(C)C(C)c1ccccc1CO. The lowest BCUT2D eigenvalue weighted by molar-refractivity contribution is -0.119. The molecule has 0 fully saturated rings. The maximum atomic E-state index is 12.0. The predicted octanol–water partition coefficient (Wildman–Crippen LogP) is 3.03. The number of nitrogens with two attached hydrogens (primary N) is 2. The van der Waals surface area contributed by atoms with E-state index in [9.17, 15) is 9.90 Å². The number of benzene rings is 2. The van der Waals surface area contributed by atoms with E-state index in [-0.39, 0.29) is 12.6 Å². The molecule has 1 heterocycles. The molecule has 152 valence electrons. The number of hydrogen-bond acceptors (Lipinski definition) is 5. The normalized spacial score (nSPS) is 13.2. The van der Waals surface area contributed by atoms with Gasteiger partial charge in [-0.05, 0) is 37.1 Å². The number of aromatic nitrogens is 1. The number of primary amides is 1. The van der Waals surface area contributed by atoms with Crippen LogP contribution < -0.4 is 16.4 Å². The Morgan fingerprint density at radius 1 is 1.28 bits per heavy atom. The Bertz CT molecular complexity index is 1070. The Morgan fingerprint density at radius 2 is 1.97 bits per heavy atom. The van der Waals surface area contributed by atoms with Gasteiger partial charge in [0.25, 0.3) is 0 Å². The number of fused-ring (bicyclic) bond motifs is 1. The first-order valence-corrected chi connectivity index (χ1v) is 9.47. The lowest BCUT2D eigenvalue weighted by Crippen LogP contribution is -2.26. The van der Waals surface area contributed by atoms with Gasteiger partial charge in [-0.3, -0.25) is 4.79 Å². The molecule has 3 aromatic rings. The minimum absolute atomic E-state index is 0.0640. The quantitative estimate of drug-likeness (QED) is 0.312. The minimum atomic E-state index is -0.556. The molecule has 1 aromatic heterocycles. The maximum absolute atomic E-state index is 12.0. The van der Waals surface area contributed by atoms with Crippen LogP contribution in [-0.4, -0.2) is 29.3 Å². The molecule has 2 unspecified atom stereocenters. The van der Waals surface area contributed by atoms with Crippen molar-refractivity contribution in [2.24, 2.45) is 5.73 Å². The Morgan fingerprint density at radius 3 is 2.59 bits per heavy atom. The maximum Gasteiger partial charge on any atom is 0.226 e. The Labute approximate surface area is 169 Å². The van der Waals surface area contributed by atoms with Crippen molar-refractivity contribution in [2.75, 3.05) is 17.7 Å². The fourth-order valence-corrected chi connectivity index (χ4v) is 3.80. The first kappa shape index (κ1) is 20.4. The van der Waals surface area contributed by atoms with Crippen molar-refractivity contribution in [1.82, 2.24) is 4.98 Å². The lowest BCUT2D eigenvalue weighted by Gasteiger charge is -2.30. The van der Waals surface area contributed by atoms with E-state index in [4.69, 9.17) is 16.9 Å². The highest BCUT2D eigenvalue weighted by Crippen LogP contribution is 2.41. The van der Waals surface area contributed by atoms with Crippen molar-refractivity contribution >= 4 is 34.4 Å². The molecule has 0 saturated heterocycles. The molecule has 2 atom stereocenters. The number of carbonyl (C=O) groups excluding carboxylic acids is 1. The fraction of sp³-hybridized carbons (Fsp3) is 0.273. The molecule has 0 spiro atoms. The molecule has 1 amide bonds. The highest BCUT2D eigenvalue weighted by Gasteiger charge is 2.27. The van der Waals surface area contributed by atoms with E-state index in [2.05, 4.69) is 4.98 Å². The van der Waals surface area contributed by atoms with E-state index in [0.29, 0.717) is 16.9 Å². The second-order valence-corrected chi connectivity index (χ2v) is 7.29. The molecule has 0 saturated carbocycles. The number of H-pyrrole nitrogens is 1. The summed E-state index contributed by atoms with van der Waals surface area (Å²) in [7, 11) is 1.93. The number of aliphatic hydroxyl groups is 1. The van der Waals surface area contributed by atoms with E-state index in [0.717, 1.165) is 27.7 Å². The van der Waals surface area contributed by atoms with Crippen LogP contribution in [0.25, 0.3) is 10.9 Å². The highest BCUT2D eigenvalue weighted by molar-refractivity contribution is 6.10. The van der Waals surface area contributed by atoms with Crippen molar-refractivity contribution < 1.29 is 9.90 Å². The van der Waals surface area contributed by atoms with E-state index in [1.165, 1.54) is 6.21 Å². The van der Waals surface area contributed by atoms with Crippen LogP contribution in [0.4, 0.5) is 11.4 Å². The summed E-state index contributed by atoms with van der Waals surface area (Å²) in [6, 6.07) is 11.2. The van der Waals surface area contributed by atoms with Crippen LogP contribution in [0, 0.1) is 5.41 Å². The Hall–Kier alpha value is -3.32. The third-order valence-corrected chi connectivity index (χ3v) is 5.65. The second kappa shape index (κ2) is 7.97. The van der Waals surface area contributed by atoms with Gasteiger partial charge >= 0.3 is 0 Å². The van der Waals surface area contributed by atoms with Gasteiger partial charge in [-0.25, -0.2) is 0 Å². The van der Waals surface area contributed by atoms with Gasteiger partial charge in [0.05, 0.1) is 29.9 Å². The van der Waals surface area contributed by atoms with Crippen LogP contribution in [0.3, 0.4) is 0 Å². The molecule has 29 heavy (non-hydrogen) atoms. The molecule has 0 aliphatic carbocycles. The summed E-state index contributed by atoms with van der Waals surface area (Å²) in [4.78, 5) is 17.3. The molecule has 0 aliphatic heterocycles. The van der Waals surface area contributed by atoms with Gasteiger partial charge in [0.1, 0.15) is 0 Å². The van der Waals surface area contributed by atoms with Crippen LogP contribution in [0.5, 0.6) is 0 Å². The van der Waals surface area contributed by atoms with Crippen molar-refractivity contribution in [2.45, 2.75) is 32.4 Å². The first-order valence-electron chi connectivity index (χ1n) is 9.47. The standard InChI is InChI=1S/C22H27N5O2/c1-12(22(25)29)20-21(19-16(10-23)17(24)8-9-18(19)26-20)27(3)13(2)15-7-5-4-6-14(15)11-28/h4-10,12-13,23,26,28H,11,24H2,1-3H3,(H2,25,29). The first-order chi connectivity index (χ1) is 13.8. The second-order valence-electron chi connectivity index (χ2n) is 7.29. The Balaban J connectivity index is 2.28. The molecule has 2 aromatic carbocycles. The molecule has 0 bridgehead atoms. The molecule has 7 N–H and O–H groups in total. The van der Waals surface area contributed by atoms with Crippen LogP contribution in [-0.2, 0) is 11.4 Å². The van der Waals surface area contributed by atoms with E-state index < -0.39 is 11.8 Å². The van der Waals surface area contributed by atoms with Gasteiger partial charge in [-0.15, -0.1) is 0 Å². The smallest absolute Gasteiger partial charge is 0.226 e. The Kier molecular flexibility index (Phi) is 5.61. The molecule has 3 rings (SSSR count). The van der Waals surface area contributed by atoms with Gasteiger partial charge in [0, 0.05) is 35.4 Å². The van der Waals surface area contributed by atoms with Crippen LogP contribution in [0.15, 0.2) is 36.4 Å². The largest absolute Gasteiger partial charge is 0.398 e. The molecular weight excluding hydrogens is 366 g/mol. The van der Waals surface area contributed by atoms with Gasteiger partial charge in [0.15, 0.2) is 0 Å². The monoisotopic (exact) mass is 393 g/mol. The third-order valence-electron chi connectivity index (χ3n) is 5.65. The molecule has 7 heteroatoms. The van der Waals surface area contributed by atoms with Crippen molar-refractivity contribution in [3.05, 3.63) is 58.8 Å². The number of nitrogens with one attached hydrogen (secondary N) is 2. The zero-order chi connectivity index (χ0) is 21.3. The number of nitrogen functional groups attached to an aromatic ring is 1. The average Bonchev–Trinajstić information content (AvgIpc) is 3.11. The predicted molar refractivity (Wildman–Crippen MR) is 117 cm³/mol. The van der Waals surface area contributed by atoms with Crippen molar-refractivity contribution in [1.29, 1.82) is 5.41 Å². The van der Waals surface area contributed by atoms with Gasteiger partial charge < -0.3 is 31.9 Å². The van der Waals surface area contributed by atoms with Crippen LogP contribution >= 0.6 is 0 Å². The number of nitrogens with zero attached hydrogens (tertiary/aromatic N) is 1. The lowest BCUT2D eigenvalue weighted by atomic mass is 9.97. The third kappa shape index (κ3) is 3.45. The summed E-state index contributed by atoms with van der Waals surface area (Å²) >= 11 is 0. The van der Waals surface area contributed by atoms with Gasteiger partial charge in [0.2, 0.25) is 5.91 Å². The van der Waals surface area contributed by atoms with E-state index >= 15 is 0 Å².